The van der Waals surface area contributed by atoms with Crippen LogP contribution in [0.5, 0.6) is 0 Å². The fourth-order valence-corrected chi connectivity index (χ4v) is 3.74. The topological polar surface area (TPSA) is 28.7 Å². The predicted octanol–water partition coefficient (Wildman–Crippen LogP) is 6.41. The molecule has 0 fully saturated rings. The van der Waals surface area contributed by atoms with Crippen molar-refractivity contribution in [1.82, 2.24) is 10.2 Å². The predicted molar refractivity (Wildman–Crippen MR) is 97.1 cm³/mol. The maximum Gasteiger partial charge on any atom is 0.0650 e. The first-order chi connectivity index (χ1) is 10.4. The molecule has 122 valence electrons. The van der Waals surface area contributed by atoms with Crippen molar-refractivity contribution in [2.75, 3.05) is 0 Å². The van der Waals surface area contributed by atoms with Crippen molar-refractivity contribution in [3.8, 4) is 0 Å². The Balaban J connectivity index is 1.90. The Labute approximate surface area is 139 Å². The van der Waals surface area contributed by atoms with E-state index < -0.39 is 0 Å². The van der Waals surface area contributed by atoms with E-state index in [0.717, 1.165) is 0 Å². The molecule has 0 bridgehead atoms. The van der Waals surface area contributed by atoms with Crippen LogP contribution < -0.4 is 0 Å². The quantitative estimate of drug-likeness (QED) is 0.628. The van der Waals surface area contributed by atoms with E-state index in [1.54, 1.807) is 0 Å². The summed E-state index contributed by atoms with van der Waals surface area (Å²) in [7, 11) is 0. The van der Waals surface area contributed by atoms with E-state index in [0.29, 0.717) is 23.7 Å². The largest absolute Gasteiger partial charge is 0.282 e. The lowest BCUT2D eigenvalue weighted by Crippen LogP contribution is -1.98. The number of nitrogens with one attached hydrogen (secondary N) is 1. The fourth-order valence-electron chi connectivity index (χ4n) is 2.64. The molecule has 3 heteroatoms. The summed E-state index contributed by atoms with van der Waals surface area (Å²) in [6.45, 7) is 13.6. The Kier molecular flexibility index (Phi) is 5.85. The van der Waals surface area contributed by atoms with Crippen molar-refractivity contribution < 1.29 is 0 Å². The van der Waals surface area contributed by atoms with Crippen molar-refractivity contribution in [2.24, 2.45) is 0 Å². The molecule has 0 spiro atoms. The van der Waals surface area contributed by atoms with Crippen LogP contribution in [-0.4, -0.2) is 10.2 Å². The summed E-state index contributed by atoms with van der Waals surface area (Å²) in [5, 5.41) is 7.64. The summed E-state index contributed by atoms with van der Waals surface area (Å²) >= 11 is 1.98. The average molecular weight is 319 g/mol. The van der Waals surface area contributed by atoms with Crippen LogP contribution in [0.1, 0.15) is 99.2 Å². The number of hydrogen-bond donors (Lipinski definition) is 1. The summed E-state index contributed by atoms with van der Waals surface area (Å²) in [6, 6.07) is 6.86. The van der Waals surface area contributed by atoms with Crippen LogP contribution in [0.4, 0.5) is 0 Å². The molecule has 2 heterocycles. The van der Waals surface area contributed by atoms with Crippen LogP contribution in [0.25, 0.3) is 0 Å². The summed E-state index contributed by atoms with van der Waals surface area (Å²) < 4.78 is 0. The highest BCUT2D eigenvalue weighted by Gasteiger charge is 2.15. The minimum atomic E-state index is 0.497. The van der Waals surface area contributed by atoms with Gasteiger partial charge in [0.05, 0.1) is 5.69 Å². The Hall–Kier alpha value is -1.09. The SMILES string of the molecule is CC(C)c1cc([C@H](C)CCC(C)c2ccc(C(C)C)s2)[nH]n1. The van der Waals surface area contributed by atoms with Gasteiger partial charge in [-0.05, 0) is 54.7 Å². The summed E-state index contributed by atoms with van der Waals surface area (Å²) in [4.78, 5) is 3.04. The molecule has 0 aromatic carbocycles. The van der Waals surface area contributed by atoms with Gasteiger partial charge in [-0.2, -0.15) is 5.10 Å². The molecule has 0 aliphatic carbocycles. The lowest BCUT2D eigenvalue weighted by atomic mass is 9.94. The maximum absolute atomic E-state index is 4.42. The van der Waals surface area contributed by atoms with Gasteiger partial charge in [0.25, 0.3) is 0 Å². The number of H-pyrrole nitrogens is 1. The molecule has 1 unspecified atom stereocenters. The first kappa shape index (κ1) is 17.3. The second-order valence-corrected chi connectivity index (χ2v) is 8.32. The highest BCUT2D eigenvalue weighted by atomic mass is 32.1. The van der Waals surface area contributed by atoms with Gasteiger partial charge in [0.1, 0.15) is 0 Å². The van der Waals surface area contributed by atoms with Gasteiger partial charge in [-0.25, -0.2) is 0 Å². The molecule has 2 rings (SSSR count). The molecule has 0 aliphatic rings. The summed E-state index contributed by atoms with van der Waals surface area (Å²) in [5.74, 6) is 2.33. The van der Waals surface area contributed by atoms with Crippen LogP contribution in [0.2, 0.25) is 0 Å². The lowest BCUT2D eigenvalue weighted by Gasteiger charge is -2.13. The van der Waals surface area contributed by atoms with Crippen molar-refractivity contribution in [3.05, 3.63) is 39.3 Å². The van der Waals surface area contributed by atoms with E-state index in [-0.39, 0.29) is 0 Å². The number of aromatic amines is 1. The van der Waals surface area contributed by atoms with Gasteiger partial charge in [-0.1, -0.05) is 41.5 Å². The van der Waals surface area contributed by atoms with E-state index in [1.807, 2.05) is 11.3 Å². The second kappa shape index (κ2) is 7.45. The highest BCUT2D eigenvalue weighted by Crippen LogP contribution is 2.33. The molecule has 22 heavy (non-hydrogen) atoms. The first-order valence-corrected chi connectivity index (χ1v) is 9.35. The standard InChI is InChI=1S/C19H30N2S/c1-12(2)16-11-17(21-20-16)14(5)7-8-15(6)19-10-9-18(22-19)13(3)4/h9-15H,7-8H2,1-6H3,(H,20,21)/t14-,15?/m1/s1. The minimum absolute atomic E-state index is 0.497. The molecule has 2 aromatic rings. The molecule has 2 nitrogen and oxygen atoms in total. The summed E-state index contributed by atoms with van der Waals surface area (Å²) in [6.07, 6.45) is 2.44. The number of hydrogen-bond acceptors (Lipinski definition) is 2. The zero-order valence-corrected chi connectivity index (χ0v) is 15.6. The van der Waals surface area contributed by atoms with Crippen LogP contribution >= 0.6 is 11.3 Å². The van der Waals surface area contributed by atoms with Crippen molar-refractivity contribution in [2.45, 2.75) is 78.1 Å². The Morgan fingerprint density at radius 2 is 1.55 bits per heavy atom. The summed E-state index contributed by atoms with van der Waals surface area (Å²) in [5.41, 5.74) is 2.46. The molecule has 0 radical (unpaired) electrons. The van der Waals surface area contributed by atoms with Gasteiger partial charge in [0.15, 0.2) is 0 Å². The normalized spacial score (nSPS) is 14.7. The van der Waals surface area contributed by atoms with Gasteiger partial charge >= 0.3 is 0 Å². The third-order valence-corrected chi connectivity index (χ3v) is 6.09. The molecule has 2 atom stereocenters. The minimum Gasteiger partial charge on any atom is -0.282 e. The molecular weight excluding hydrogens is 288 g/mol. The van der Waals surface area contributed by atoms with Crippen LogP contribution in [0.15, 0.2) is 18.2 Å². The average Bonchev–Trinajstić information content (AvgIpc) is 3.12. The number of rotatable bonds is 7. The first-order valence-electron chi connectivity index (χ1n) is 8.53. The lowest BCUT2D eigenvalue weighted by molar-refractivity contribution is 0.569. The molecule has 1 N–H and O–H groups in total. The third-order valence-electron chi connectivity index (χ3n) is 4.47. The third kappa shape index (κ3) is 4.22. The maximum atomic E-state index is 4.42. The zero-order valence-electron chi connectivity index (χ0n) is 14.8. The molecule has 0 saturated heterocycles. The van der Waals surface area contributed by atoms with E-state index >= 15 is 0 Å². The van der Waals surface area contributed by atoms with E-state index in [4.69, 9.17) is 0 Å². The molecule has 0 amide bonds. The van der Waals surface area contributed by atoms with E-state index in [1.165, 1.54) is 34.0 Å². The molecule has 0 saturated carbocycles. The van der Waals surface area contributed by atoms with Crippen LogP contribution in [-0.2, 0) is 0 Å². The number of aromatic nitrogens is 2. The smallest absolute Gasteiger partial charge is 0.0650 e. The molecular formula is C19H30N2S. The Morgan fingerprint density at radius 1 is 0.909 bits per heavy atom. The molecule has 0 aliphatic heterocycles. The van der Waals surface area contributed by atoms with Crippen LogP contribution in [0, 0.1) is 0 Å². The van der Waals surface area contributed by atoms with E-state index in [2.05, 4.69) is 69.9 Å². The Morgan fingerprint density at radius 3 is 2.09 bits per heavy atom. The van der Waals surface area contributed by atoms with Crippen molar-refractivity contribution >= 4 is 11.3 Å². The number of thiophene rings is 1. The van der Waals surface area contributed by atoms with Crippen molar-refractivity contribution in [1.29, 1.82) is 0 Å². The number of nitrogens with zero attached hydrogens (tertiary/aromatic N) is 1. The van der Waals surface area contributed by atoms with Gasteiger partial charge < -0.3 is 0 Å². The van der Waals surface area contributed by atoms with Gasteiger partial charge in [-0.15, -0.1) is 11.3 Å². The Bertz CT molecular complexity index is 528. The van der Waals surface area contributed by atoms with Gasteiger partial charge in [-0.3, -0.25) is 5.10 Å². The molecule has 2 aromatic heterocycles. The van der Waals surface area contributed by atoms with Crippen LogP contribution in [0.3, 0.4) is 0 Å². The van der Waals surface area contributed by atoms with Gasteiger partial charge in [0.2, 0.25) is 0 Å². The van der Waals surface area contributed by atoms with E-state index in [9.17, 15) is 0 Å². The zero-order chi connectivity index (χ0) is 16.3. The van der Waals surface area contributed by atoms with Crippen molar-refractivity contribution in [3.63, 3.8) is 0 Å². The fraction of sp³-hybridized carbons (Fsp3) is 0.632. The highest BCUT2D eigenvalue weighted by molar-refractivity contribution is 7.12. The van der Waals surface area contributed by atoms with Gasteiger partial charge in [0, 0.05) is 15.4 Å². The second-order valence-electron chi connectivity index (χ2n) is 7.18. The monoisotopic (exact) mass is 318 g/mol.